The first-order chi connectivity index (χ1) is 12.5. The molecule has 1 atom stereocenters. The van der Waals surface area contributed by atoms with Crippen molar-refractivity contribution in [3.05, 3.63) is 54.6 Å². The van der Waals surface area contributed by atoms with E-state index in [4.69, 9.17) is 4.74 Å². The van der Waals surface area contributed by atoms with Gasteiger partial charge in [-0.05, 0) is 37.1 Å². The Hall–Kier alpha value is -3.02. The van der Waals surface area contributed by atoms with E-state index in [1.807, 2.05) is 51.1 Å². The van der Waals surface area contributed by atoms with Crippen molar-refractivity contribution in [3.63, 3.8) is 0 Å². The zero-order chi connectivity index (χ0) is 18.9. The molecule has 0 radical (unpaired) electrons. The van der Waals surface area contributed by atoms with Crippen molar-refractivity contribution in [3.8, 4) is 5.75 Å². The maximum atomic E-state index is 12.7. The van der Waals surface area contributed by atoms with E-state index in [9.17, 15) is 9.59 Å². The van der Waals surface area contributed by atoms with Crippen molar-refractivity contribution in [1.29, 1.82) is 0 Å². The number of carbonyl (C=O) groups excluding carboxylic acids is 2. The van der Waals surface area contributed by atoms with Crippen LogP contribution in [0.3, 0.4) is 0 Å². The van der Waals surface area contributed by atoms with Crippen molar-refractivity contribution in [2.24, 2.45) is 5.92 Å². The van der Waals surface area contributed by atoms with Crippen LogP contribution in [0.15, 0.2) is 54.6 Å². The van der Waals surface area contributed by atoms with Crippen molar-refractivity contribution < 1.29 is 14.3 Å². The number of benzene rings is 2. The van der Waals surface area contributed by atoms with Gasteiger partial charge in [-0.2, -0.15) is 0 Å². The number of carbonyl (C=O) groups is 2. The van der Waals surface area contributed by atoms with Gasteiger partial charge < -0.3 is 20.7 Å². The Morgan fingerprint density at radius 1 is 0.962 bits per heavy atom. The Balaban J connectivity index is 2.04. The Morgan fingerprint density at radius 2 is 1.62 bits per heavy atom. The molecule has 0 heterocycles. The number of anilines is 2. The average molecular weight is 355 g/mol. The quantitative estimate of drug-likeness (QED) is 0.705. The Kier molecular flexibility index (Phi) is 7.02. The number of hydrogen-bond donors (Lipinski definition) is 3. The van der Waals surface area contributed by atoms with Gasteiger partial charge in [0.05, 0.1) is 12.3 Å². The summed E-state index contributed by atoms with van der Waals surface area (Å²) in [6.07, 6.45) is 0. The summed E-state index contributed by atoms with van der Waals surface area (Å²) in [7, 11) is 0. The molecule has 0 spiro atoms. The SMILES string of the molecule is CCOc1ccccc1NC(=O)C(NC(=O)Nc1ccccc1)C(C)C. The predicted octanol–water partition coefficient (Wildman–Crippen LogP) is 3.87. The molecule has 3 N–H and O–H groups in total. The highest BCUT2D eigenvalue weighted by molar-refractivity contribution is 6.00. The van der Waals surface area contributed by atoms with Gasteiger partial charge in [0.2, 0.25) is 5.91 Å². The number of rotatable bonds is 7. The molecule has 0 saturated heterocycles. The Morgan fingerprint density at radius 3 is 2.27 bits per heavy atom. The lowest BCUT2D eigenvalue weighted by atomic mass is 10.0. The molecule has 0 aliphatic rings. The largest absolute Gasteiger partial charge is 0.492 e. The molecule has 138 valence electrons. The first-order valence-corrected chi connectivity index (χ1v) is 8.66. The highest BCUT2D eigenvalue weighted by Crippen LogP contribution is 2.24. The molecule has 0 aliphatic carbocycles. The van der Waals surface area contributed by atoms with E-state index in [0.717, 1.165) is 0 Å². The molecule has 3 amide bonds. The van der Waals surface area contributed by atoms with Gasteiger partial charge in [0.1, 0.15) is 11.8 Å². The lowest BCUT2D eigenvalue weighted by molar-refractivity contribution is -0.118. The summed E-state index contributed by atoms with van der Waals surface area (Å²) < 4.78 is 5.52. The van der Waals surface area contributed by atoms with Crippen LogP contribution in [0.1, 0.15) is 20.8 Å². The average Bonchev–Trinajstić information content (AvgIpc) is 2.62. The van der Waals surface area contributed by atoms with Crippen LogP contribution in [0.4, 0.5) is 16.2 Å². The second-order valence-corrected chi connectivity index (χ2v) is 6.10. The molecular formula is C20H25N3O3. The van der Waals surface area contributed by atoms with Gasteiger partial charge in [-0.3, -0.25) is 4.79 Å². The molecule has 0 bridgehead atoms. The van der Waals surface area contributed by atoms with Crippen molar-refractivity contribution in [1.82, 2.24) is 5.32 Å². The third-order valence-electron chi connectivity index (χ3n) is 3.71. The summed E-state index contributed by atoms with van der Waals surface area (Å²) in [6.45, 7) is 6.13. The van der Waals surface area contributed by atoms with E-state index in [1.54, 1.807) is 24.3 Å². The first-order valence-electron chi connectivity index (χ1n) is 8.66. The highest BCUT2D eigenvalue weighted by Gasteiger charge is 2.25. The monoisotopic (exact) mass is 355 g/mol. The lowest BCUT2D eigenvalue weighted by Gasteiger charge is -2.22. The molecule has 0 saturated carbocycles. The fraction of sp³-hybridized carbons (Fsp3) is 0.300. The minimum atomic E-state index is -0.687. The summed E-state index contributed by atoms with van der Waals surface area (Å²) >= 11 is 0. The number of ether oxygens (including phenoxy) is 1. The van der Waals surface area contributed by atoms with Gasteiger partial charge in [0.25, 0.3) is 0 Å². The van der Waals surface area contributed by atoms with Crippen LogP contribution in [0, 0.1) is 5.92 Å². The molecule has 0 fully saturated rings. The second-order valence-electron chi connectivity index (χ2n) is 6.10. The standard InChI is InChI=1S/C20H25N3O3/c1-4-26-17-13-9-8-12-16(17)22-19(24)18(14(2)3)23-20(25)21-15-10-6-5-7-11-15/h5-14,18H,4H2,1-3H3,(H,22,24)(H2,21,23,25). The van der Waals surface area contributed by atoms with Crippen LogP contribution in [-0.4, -0.2) is 24.6 Å². The second kappa shape index (κ2) is 9.46. The van der Waals surface area contributed by atoms with E-state index in [-0.39, 0.29) is 11.8 Å². The minimum absolute atomic E-state index is 0.0872. The Bertz CT molecular complexity index is 732. The van der Waals surface area contributed by atoms with E-state index in [2.05, 4.69) is 16.0 Å². The molecule has 0 aliphatic heterocycles. The number of hydrogen-bond acceptors (Lipinski definition) is 3. The molecule has 1 unspecified atom stereocenters. The summed E-state index contributed by atoms with van der Waals surface area (Å²) in [4.78, 5) is 24.9. The van der Waals surface area contributed by atoms with Gasteiger partial charge in [0, 0.05) is 5.69 Å². The molecule has 6 heteroatoms. The number of urea groups is 1. The Labute approximate surface area is 153 Å². The summed E-state index contributed by atoms with van der Waals surface area (Å²) in [5, 5.41) is 8.30. The fourth-order valence-electron chi connectivity index (χ4n) is 2.43. The van der Waals surface area contributed by atoms with E-state index in [0.29, 0.717) is 23.7 Å². The van der Waals surface area contributed by atoms with Crippen molar-refractivity contribution >= 4 is 23.3 Å². The summed E-state index contributed by atoms with van der Waals surface area (Å²) in [6, 6.07) is 15.2. The van der Waals surface area contributed by atoms with Crippen molar-refractivity contribution in [2.75, 3.05) is 17.2 Å². The minimum Gasteiger partial charge on any atom is -0.492 e. The van der Waals surface area contributed by atoms with Crippen LogP contribution in [-0.2, 0) is 4.79 Å². The number of amides is 3. The predicted molar refractivity (Wildman–Crippen MR) is 103 cm³/mol. The first kappa shape index (κ1) is 19.3. The molecule has 2 aromatic rings. The number of para-hydroxylation sites is 3. The topological polar surface area (TPSA) is 79.5 Å². The van der Waals surface area contributed by atoms with Crippen LogP contribution in [0.25, 0.3) is 0 Å². The normalized spacial score (nSPS) is 11.5. The summed E-state index contributed by atoms with van der Waals surface area (Å²) in [5.41, 5.74) is 1.24. The molecule has 2 rings (SSSR count). The molecular weight excluding hydrogens is 330 g/mol. The van der Waals surface area contributed by atoms with Crippen LogP contribution >= 0.6 is 0 Å². The highest BCUT2D eigenvalue weighted by atomic mass is 16.5. The maximum absolute atomic E-state index is 12.7. The van der Waals surface area contributed by atoms with Crippen molar-refractivity contribution in [2.45, 2.75) is 26.8 Å². The maximum Gasteiger partial charge on any atom is 0.319 e. The number of nitrogens with one attached hydrogen (secondary N) is 3. The smallest absolute Gasteiger partial charge is 0.319 e. The van der Waals surface area contributed by atoms with Gasteiger partial charge >= 0.3 is 6.03 Å². The fourth-order valence-corrected chi connectivity index (χ4v) is 2.43. The van der Waals surface area contributed by atoms with E-state index in [1.165, 1.54) is 0 Å². The van der Waals surface area contributed by atoms with E-state index < -0.39 is 12.1 Å². The van der Waals surface area contributed by atoms with Crippen LogP contribution in [0.2, 0.25) is 0 Å². The molecule has 26 heavy (non-hydrogen) atoms. The molecule has 6 nitrogen and oxygen atoms in total. The summed E-state index contributed by atoms with van der Waals surface area (Å²) in [5.74, 6) is 0.214. The van der Waals surface area contributed by atoms with Gasteiger partial charge in [-0.25, -0.2) is 4.79 Å². The van der Waals surface area contributed by atoms with Gasteiger partial charge in [0.15, 0.2) is 0 Å². The molecule has 2 aromatic carbocycles. The lowest BCUT2D eigenvalue weighted by Crippen LogP contribution is -2.48. The zero-order valence-electron chi connectivity index (χ0n) is 15.3. The molecule has 0 aromatic heterocycles. The van der Waals surface area contributed by atoms with Gasteiger partial charge in [-0.1, -0.05) is 44.2 Å². The third-order valence-corrected chi connectivity index (χ3v) is 3.71. The van der Waals surface area contributed by atoms with Crippen LogP contribution in [0.5, 0.6) is 5.75 Å². The van der Waals surface area contributed by atoms with Gasteiger partial charge in [-0.15, -0.1) is 0 Å². The zero-order valence-corrected chi connectivity index (χ0v) is 15.3. The van der Waals surface area contributed by atoms with Crippen LogP contribution < -0.4 is 20.7 Å². The third kappa shape index (κ3) is 5.51. The van der Waals surface area contributed by atoms with E-state index >= 15 is 0 Å².